The quantitative estimate of drug-likeness (QED) is 0.756. The molecule has 26 heavy (non-hydrogen) atoms. The molecule has 1 unspecified atom stereocenters. The molecule has 2 N–H and O–H groups in total. The predicted molar refractivity (Wildman–Crippen MR) is 101 cm³/mol. The molecule has 2 aromatic rings. The van der Waals surface area contributed by atoms with Crippen LogP contribution in [0.2, 0.25) is 10.0 Å². The van der Waals surface area contributed by atoms with E-state index in [2.05, 4.69) is 10.0 Å². The first-order chi connectivity index (χ1) is 12.2. The van der Waals surface area contributed by atoms with Gasteiger partial charge in [0.1, 0.15) is 0 Å². The van der Waals surface area contributed by atoms with Crippen molar-refractivity contribution < 1.29 is 13.2 Å². The topological polar surface area (TPSA) is 99.1 Å². The van der Waals surface area contributed by atoms with Gasteiger partial charge in [-0.2, -0.15) is 5.26 Å². The van der Waals surface area contributed by atoms with Crippen LogP contribution >= 0.6 is 23.2 Å². The molecular weight excluding hydrogens is 397 g/mol. The lowest BCUT2D eigenvalue weighted by molar-refractivity contribution is 0.0951. The molecule has 0 saturated heterocycles. The molecule has 0 aliphatic rings. The third kappa shape index (κ3) is 5.11. The smallest absolute Gasteiger partial charge is 0.261 e. The van der Waals surface area contributed by atoms with Crippen LogP contribution in [0.5, 0.6) is 0 Å². The molecule has 2 rings (SSSR count). The van der Waals surface area contributed by atoms with E-state index in [0.717, 1.165) is 0 Å². The number of amides is 1. The van der Waals surface area contributed by atoms with Crippen molar-refractivity contribution in [1.29, 1.82) is 5.26 Å². The first-order valence-corrected chi connectivity index (χ1v) is 9.72. The number of hydrogen-bond donors (Lipinski definition) is 2. The number of nitrogens with one attached hydrogen (secondary N) is 2. The van der Waals surface area contributed by atoms with Gasteiger partial charge in [0.15, 0.2) is 0 Å². The summed E-state index contributed by atoms with van der Waals surface area (Å²) in [4.78, 5) is 12.1. The Hall–Kier alpha value is -2.27. The van der Waals surface area contributed by atoms with Gasteiger partial charge in [-0.25, -0.2) is 8.42 Å². The minimum absolute atomic E-state index is 0.0513. The molecule has 0 fully saturated rings. The van der Waals surface area contributed by atoms with Crippen molar-refractivity contribution in [2.75, 3.05) is 11.3 Å². The SMILES string of the molecule is CC(C#N)CNC(=O)c1cccc(NS(=O)(=O)c2ccc(Cl)c(Cl)c2)c1. The number of nitrogens with zero attached hydrogens (tertiary/aromatic N) is 1. The number of benzene rings is 2. The maximum absolute atomic E-state index is 12.5. The molecule has 2 aromatic carbocycles. The van der Waals surface area contributed by atoms with Crippen molar-refractivity contribution >= 4 is 44.8 Å². The molecule has 9 heteroatoms. The Balaban J connectivity index is 2.18. The van der Waals surface area contributed by atoms with Crippen molar-refractivity contribution in [3.05, 3.63) is 58.1 Å². The van der Waals surface area contributed by atoms with Crippen LogP contribution in [0.1, 0.15) is 17.3 Å². The van der Waals surface area contributed by atoms with Gasteiger partial charge in [0.05, 0.1) is 26.9 Å². The van der Waals surface area contributed by atoms with Crippen LogP contribution in [-0.4, -0.2) is 20.9 Å². The summed E-state index contributed by atoms with van der Waals surface area (Å²) in [6.45, 7) is 1.89. The Kier molecular flexibility index (Phi) is 6.48. The highest BCUT2D eigenvalue weighted by molar-refractivity contribution is 7.92. The van der Waals surface area contributed by atoms with E-state index in [9.17, 15) is 13.2 Å². The van der Waals surface area contributed by atoms with E-state index in [4.69, 9.17) is 28.5 Å². The Morgan fingerprint density at radius 3 is 2.58 bits per heavy atom. The van der Waals surface area contributed by atoms with Crippen LogP contribution in [0.25, 0.3) is 0 Å². The summed E-state index contributed by atoms with van der Waals surface area (Å²) in [5, 5.41) is 11.7. The summed E-state index contributed by atoms with van der Waals surface area (Å²) in [6, 6.07) is 12.0. The lowest BCUT2D eigenvalue weighted by Crippen LogP contribution is -2.27. The average molecular weight is 412 g/mol. The molecular formula is C17H15Cl2N3O3S. The molecule has 1 atom stereocenters. The molecule has 0 aliphatic carbocycles. The summed E-state index contributed by atoms with van der Waals surface area (Å²) >= 11 is 11.7. The monoisotopic (exact) mass is 411 g/mol. The van der Waals surface area contributed by atoms with Crippen LogP contribution in [0.3, 0.4) is 0 Å². The second kappa shape index (κ2) is 8.41. The second-order valence-electron chi connectivity index (χ2n) is 5.50. The number of hydrogen-bond acceptors (Lipinski definition) is 4. The van der Waals surface area contributed by atoms with E-state index in [1.807, 2.05) is 6.07 Å². The third-order valence-corrected chi connectivity index (χ3v) is 5.49. The van der Waals surface area contributed by atoms with Gasteiger partial charge >= 0.3 is 0 Å². The van der Waals surface area contributed by atoms with Crippen LogP contribution in [0.15, 0.2) is 47.4 Å². The average Bonchev–Trinajstić information content (AvgIpc) is 2.61. The molecule has 0 heterocycles. The first kappa shape index (κ1) is 20.0. The number of rotatable bonds is 6. The second-order valence-corrected chi connectivity index (χ2v) is 8.00. The van der Waals surface area contributed by atoms with Crippen molar-refractivity contribution in [2.24, 2.45) is 5.92 Å². The zero-order chi connectivity index (χ0) is 19.3. The van der Waals surface area contributed by atoms with Crippen LogP contribution in [0, 0.1) is 17.2 Å². The summed E-state index contributed by atoms with van der Waals surface area (Å²) in [6.07, 6.45) is 0. The van der Waals surface area contributed by atoms with Gasteiger partial charge in [-0.3, -0.25) is 9.52 Å². The highest BCUT2D eigenvalue weighted by Gasteiger charge is 2.16. The predicted octanol–water partition coefficient (Wildman–Crippen LogP) is 3.68. The van der Waals surface area contributed by atoms with Crippen molar-refractivity contribution in [1.82, 2.24) is 5.32 Å². The minimum atomic E-state index is -3.89. The first-order valence-electron chi connectivity index (χ1n) is 7.48. The Morgan fingerprint density at radius 2 is 1.92 bits per heavy atom. The fourth-order valence-electron chi connectivity index (χ4n) is 1.98. The maximum Gasteiger partial charge on any atom is 0.261 e. The highest BCUT2D eigenvalue weighted by Crippen LogP contribution is 2.26. The normalized spacial score (nSPS) is 12.1. The number of sulfonamides is 1. The number of nitriles is 1. The Labute approximate surface area is 161 Å². The lowest BCUT2D eigenvalue weighted by atomic mass is 10.1. The van der Waals surface area contributed by atoms with Crippen LogP contribution in [0.4, 0.5) is 5.69 Å². The Bertz CT molecular complexity index is 971. The summed E-state index contributed by atoms with van der Waals surface area (Å²) in [5.74, 6) is -0.724. The summed E-state index contributed by atoms with van der Waals surface area (Å²) < 4.78 is 27.3. The van der Waals surface area contributed by atoms with E-state index >= 15 is 0 Å². The maximum atomic E-state index is 12.5. The molecule has 0 radical (unpaired) electrons. The number of carbonyl (C=O) groups excluding carboxylic acids is 1. The van der Waals surface area contributed by atoms with Gasteiger partial charge in [-0.05, 0) is 43.3 Å². The van der Waals surface area contributed by atoms with E-state index < -0.39 is 15.9 Å². The standard InChI is InChI=1S/C17H15Cl2N3O3S/c1-11(9-20)10-21-17(23)12-3-2-4-13(7-12)22-26(24,25)14-5-6-15(18)16(19)8-14/h2-8,11,22H,10H2,1H3,(H,21,23). The van der Waals surface area contributed by atoms with Gasteiger partial charge in [0, 0.05) is 17.8 Å². The molecule has 0 aromatic heterocycles. The zero-order valence-electron chi connectivity index (χ0n) is 13.7. The molecule has 0 bridgehead atoms. The fourth-order valence-corrected chi connectivity index (χ4v) is 3.41. The molecule has 136 valence electrons. The highest BCUT2D eigenvalue weighted by atomic mass is 35.5. The van der Waals surface area contributed by atoms with Gasteiger partial charge < -0.3 is 5.32 Å². The van der Waals surface area contributed by atoms with Crippen LogP contribution in [-0.2, 0) is 10.0 Å². The van der Waals surface area contributed by atoms with Crippen LogP contribution < -0.4 is 10.0 Å². The number of anilines is 1. The number of halogens is 2. The van der Waals surface area contributed by atoms with Gasteiger partial charge in [-0.15, -0.1) is 0 Å². The lowest BCUT2D eigenvalue weighted by Gasteiger charge is -2.11. The van der Waals surface area contributed by atoms with E-state index in [0.29, 0.717) is 0 Å². The summed E-state index contributed by atoms with van der Waals surface area (Å²) in [5.41, 5.74) is 0.488. The molecule has 0 saturated carbocycles. The van der Waals surface area contributed by atoms with Crippen molar-refractivity contribution in [2.45, 2.75) is 11.8 Å². The molecule has 0 spiro atoms. The Morgan fingerprint density at radius 1 is 1.19 bits per heavy atom. The number of carbonyl (C=O) groups is 1. The zero-order valence-corrected chi connectivity index (χ0v) is 16.0. The fraction of sp³-hybridized carbons (Fsp3) is 0.176. The van der Waals surface area contributed by atoms with Crippen molar-refractivity contribution in [3.8, 4) is 6.07 Å². The van der Waals surface area contributed by atoms with Gasteiger partial charge in [0.25, 0.3) is 15.9 Å². The molecule has 6 nitrogen and oxygen atoms in total. The third-order valence-electron chi connectivity index (χ3n) is 3.37. The minimum Gasteiger partial charge on any atom is -0.351 e. The molecule has 1 amide bonds. The van der Waals surface area contributed by atoms with E-state index in [1.165, 1.54) is 30.3 Å². The molecule has 0 aliphatic heterocycles. The van der Waals surface area contributed by atoms with Gasteiger partial charge in [0.2, 0.25) is 0 Å². The van der Waals surface area contributed by atoms with E-state index in [-0.39, 0.29) is 38.7 Å². The largest absolute Gasteiger partial charge is 0.351 e. The van der Waals surface area contributed by atoms with Gasteiger partial charge in [-0.1, -0.05) is 29.3 Å². The summed E-state index contributed by atoms with van der Waals surface area (Å²) in [7, 11) is -3.89. The van der Waals surface area contributed by atoms with E-state index in [1.54, 1.807) is 19.1 Å². The van der Waals surface area contributed by atoms with Crippen molar-refractivity contribution in [3.63, 3.8) is 0 Å².